The molecule has 3 heterocycles. The van der Waals surface area contributed by atoms with E-state index in [0.29, 0.717) is 11.7 Å². The molecule has 0 aliphatic carbocycles. The van der Waals surface area contributed by atoms with Crippen LogP contribution in [-0.4, -0.2) is 38.1 Å². The van der Waals surface area contributed by atoms with Gasteiger partial charge in [0.15, 0.2) is 0 Å². The second-order valence-electron chi connectivity index (χ2n) is 6.58. The van der Waals surface area contributed by atoms with Gasteiger partial charge in [0.05, 0.1) is 12.2 Å². The average Bonchev–Trinajstić information content (AvgIpc) is 3.34. The van der Waals surface area contributed by atoms with Gasteiger partial charge in [-0.25, -0.2) is 4.68 Å². The minimum absolute atomic E-state index is 0.364. The number of nitrogens with zero attached hydrogens (tertiary/aromatic N) is 4. The lowest BCUT2D eigenvalue weighted by Crippen LogP contribution is -2.34. The third kappa shape index (κ3) is 3.81. The van der Waals surface area contributed by atoms with Gasteiger partial charge in [-0.2, -0.15) is 11.3 Å². The van der Waals surface area contributed by atoms with Crippen LogP contribution in [0, 0.1) is 0 Å². The summed E-state index contributed by atoms with van der Waals surface area (Å²) in [4.78, 5) is 2.50. The zero-order chi connectivity index (χ0) is 17.1. The molecule has 0 radical (unpaired) electrons. The summed E-state index contributed by atoms with van der Waals surface area (Å²) in [5, 5.41) is 23.3. The summed E-state index contributed by atoms with van der Waals surface area (Å²) in [6, 6.07) is 12.2. The molecule has 1 aromatic carbocycles. The number of hydrogen-bond donors (Lipinski definition) is 1. The first-order valence-corrected chi connectivity index (χ1v) is 9.62. The SMILES string of the molecule is OC(c1ccccc1)c1cn(C2CCN(Cc3ccsc3)CC2)nn1. The zero-order valence-electron chi connectivity index (χ0n) is 14.0. The number of likely N-dealkylation sites (tertiary alicyclic amines) is 1. The fourth-order valence-electron chi connectivity index (χ4n) is 3.38. The second kappa shape index (κ2) is 7.47. The summed E-state index contributed by atoms with van der Waals surface area (Å²) in [5.74, 6) is 0. The standard InChI is InChI=1S/C19H22N4OS/c24-19(16-4-2-1-3-5-16)18-13-23(21-20-18)17-6-9-22(10-7-17)12-15-8-11-25-14-15/h1-5,8,11,13-14,17,19,24H,6-7,9-10,12H2. The molecule has 1 N–H and O–H groups in total. The molecule has 0 spiro atoms. The third-order valence-electron chi connectivity index (χ3n) is 4.84. The molecule has 0 bridgehead atoms. The summed E-state index contributed by atoms with van der Waals surface area (Å²) in [5.41, 5.74) is 2.87. The lowest BCUT2D eigenvalue weighted by molar-refractivity contribution is 0.172. The molecule has 1 fully saturated rings. The van der Waals surface area contributed by atoms with Crippen LogP contribution in [0.5, 0.6) is 0 Å². The Morgan fingerprint density at radius 3 is 2.68 bits per heavy atom. The first kappa shape index (κ1) is 16.4. The van der Waals surface area contributed by atoms with Gasteiger partial charge >= 0.3 is 0 Å². The van der Waals surface area contributed by atoms with Gasteiger partial charge in [0.2, 0.25) is 0 Å². The minimum Gasteiger partial charge on any atom is -0.382 e. The van der Waals surface area contributed by atoms with E-state index >= 15 is 0 Å². The zero-order valence-corrected chi connectivity index (χ0v) is 14.8. The van der Waals surface area contributed by atoms with Crippen molar-refractivity contribution in [3.05, 3.63) is 70.2 Å². The van der Waals surface area contributed by atoms with Crippen LogP contribution in [0.25, 0.3) is 0 Å². The largest absolute Gasteiger partial charge is 0.382 e. The van der Waals surface area contributed by atoms with Crippen LogP contribution in [0.3, 0.4) is 0 Å². The molecular formula is C19H22N4OS. The Kier molecular flexibility index (Phi) is 4.92. The van der Waals surface area contributed by atoms with Crippen LogP contribution >= 0.6 is 11.3 Å². The van der Waals surface area contributed by atoms with E-state index in [1.807, 2.05) is 41.2 Å². The fraction of sp³-hybridized carbons (Fsp3) is 0.368. The van der Waals surface area contributed by atoms with Gasteiger partial charge in [-0.15, -0.1) is 5.10 Å². The summed E-state index contributed by atoms with van der Waals surface area (Å²) in [6.07, 6.45) is 3.31. The first-order chi connectivity index (χ1) is 12.3. The van der Waals surface area contributed by atoms with Crippen molar-refractivity contribution < 1.29 is 5.11 Å². The van der Waals surface area contributed by atoms with Gasteiger partial charge in [0.25, 0.3) is 0 Å². The number of hydrogen-bond acceptors (Lipinski definition) is 5. The molecule has 5 nitrogen and oxygen atoms in total. The Balaban J connectivity index is 1.37. The lowest BCUT2D eigenvalue weighted by Gasteiger charge is -2.31. The number of aliphatic hydroxyl groups excluding tert-OH is 1. The molecule has 0 saturated carbocycles. The highest BCUT2D eigenvalue weighted by Gasteiger charge is 2.23. The number of rotatable bonds is 5. The van der Waals surface area contributed by atoms with E-state index in [0.717, 1.165) is 38.0 Å². The van der Waals surface area contributed by atoms with Crippen LogP contribution < -0.4 is 0 Å². The summed E-state index contributed by atoms with van der Waals surface area (Å²) in [7, 11) is 0. The van der Waals surface area contributed by atoms with E-state index in [-0.39, 0.29) is 0 Å². The van der Waals surface area contributed by atoms with E-state index in [4.69, 9.17) is 0 Å². The van der Waals surface area contributed by atoms with Gasteiger partial charge in [-0.1, -0.05) is 35.5 Å². The monoisotopic (exact) mass is 354 g/mol. The Hall–Kier alpha value is -2.02. The molecular weight excluding hydrogens is 332 g/mol. The van der Waals surface area contributed by atoms with Crippen molar-refractivity contribution >= 4 is 11.3 Å². The van der Waals surface area contributed by atoms with Gasteiger partial charge in [-0.05, 0) is 40.8 Å². The summed E-state index contributed by atoms with van der Waals surface area (Å²) in [6.45, 7) is 3.17. The van der Waals surface area contributed by atoms with Gasteiger partial charge in [0.1, 0.15) is 11.8 Å². The maximum Gasteiger partial charge on any atom is 0.124 e. The second-order valence-corrected chi connectivity index (χ2v) is 7.36. The minimum atomic E-state index is -0.714. The van der Waals surface area contributed by atoms with E-state index in [9.17, 15) is 5.11 Å². The molecule has 3 aromatic rings. The normalized spacial score (nSPS) is 17.6. The average molecular weight is 354 g/mol. The van der Waals surface area contributed by atoms with Crippen molar-refractivity contribution in [3.8, 4) is 0 Å². The number of benzene rings is 1. The fourth-order valence-corrected chi connectivity index (χ4v) is 4.04. The van der Waals surface area contributed by atoms with Crippen LogP contribution in [-0.2, 0) is 6.54 Å². The summed E-state index contributed by atoms with van der Waals surface area (Å²) >= 11 is 1.76. The number of piperidine rings is 1. The Labute approximate surface area is 151 Å². The Bertz CT molecular complexity index is 779. The molecule has 4 rings (SSSR count). The van der Waals surface area contributed by atoms with Crippen molar-refractivity contribution in [2.45, 2.75) is 31.5 Å². The van der Waals surface area contributed by atoms with Crippen molar-refractivity contribution in [1.29, 1.82) is 0 Å². The van der Waals surface area contributed by atoms with Crippen LogP contribution in [0.4, 0.5) is 0 Å². The van der Waals surface area contributed by atoms with Gasteiger partial charge < -0.3 is 5.11 Å². The highest BCUT2D eigenvalue weighted by atomic mass is 32.1. The molecule has 1 unspecified atom stereocenters. The van der Waals surface area contributed by atoms with Gasteiger partial charge in [-0.3, -0.25) is 4.90 Å². The molecule has 25 heavy (non-hydrogen) atoms. The van der Waals surface area contributed by atoms with Crippen LogP contribution in [0.1, 0.15) is 41.8 Å². The highest BCUT2D eigenvalue weighted by molar-refractivity contribution is 7.07. The topological polar surface area (TPSA) is 54.2 Å². The maximum atomic E-state index is 10.5. The molecule has 1 aliphatic heterocycles. The third-order valence-corrected chi connectivity index (χ3v) is 5.57. The van der Waals surface area contributed by atoms with Crippen molar-refractivity contribution in [3.63, 3.8) is 0 Å². The molecule has 1 saturated heterocycles. The molecule has 130 valence electrons. The smallest absolute Gasteiger partial charge is 0.124 e. The van der Waals surface area contributed by atoms with Crippen LogP contribution in [0.2, 0.25) is 0 Å². The number of thiophene rings is 1. The maximum absolute atomic E-state index is 10.5. The number of aliphatic hydroxyl groups is 1. The quantitative estimate of drug-likeness (QED) is 0.764. The predicted octanol–water partition coefficient (Wildman–Crippen LogP) is 3.26. The van der Waals surface area contributed by atoms with E-state index < -0.39 is 6.10 Å². The molecule has 6 heteroatoms. The molecule has 2 aromatic heterocycles. The van der Waals surface area contributed by atoms with E-state index in [1.54, 1.807) is 11.3 Å². The van der Waals surface area contributed by atoms with Crippen molar-refractivity contribution in [1.82, 2.24) is 19.9 Å². The predicted molar refractivity (Wildman–Crippen MR) is 98.4 cm³/mol. The number of aromatic nitrogens is 3. The van der Waals surface area contributed by atoms with E-state index in [1.165, 1.54) is 5.56 Å². The summed E-state index contributed by atoms with van der Waals surface area (Å²) < 4.78 is 1.93. The van der Waals surface area contributed by atoms with Gasteiger partial charge in [0, 0.05) is 19.6 Å². The first-order valence-electron chi connectivity index (χ1n) is 8.68. The molecule has 0 amide bonds. The van der Waals surface area contributed by atoms with Crippen LogP contribution in [0.15, 0.2) is 53.4 Å². The molecule has 1 atom stereocenters. The highest BCUT2D eigenvalue weighted by Crippen LogP contribution is 2.25. The van der Waals surface area contributed by atoms with Crippen molar-refractivity contribution in [2.75, 3.05) is 13.1 Å². The van der Waals surface area contributed by atoms with Crippen molar-refractivity contribution in [2.24, 2.45) is 0 Å². The lowest BCUT2D eigenvalue weighted by atomic mass is 10.0. The Morgan fingerprint density at radius 1 is 1.16 bits per heavy atom. The Morgan fingerprint density at radius 2 is 1.96 bits per heavy atom. The molecule has 1 aliphatic rings. The van der Waals surface area contributed by atoms with E-state index in [2.05, 4.69) is 32.0 Å².